The van der Waals surface area contributed by atoms with Crippen molar-refractivity contribution in [3.05, 3.63) is 22.4 Å². The molecule has 0 spiro atoms. The Hall–Kier alpha value is -0.233. The summed E-state index contributed by atoms with van der Waals surface area (Å²) in [5.74, 6) is -1.02. The van der Waals surface area contributed by atoms with Crippen LogP contribution in [-0.2, 0) is 11.2 Å². The van der Waals surface area contributed by atoms with E-state index in [1.807, 2.05) is 11.4 Å². The number of carbonyl (C=O) groups is 1. The van der Waals surface area contributed by atoms with Crippen LogP contribution in [0.1, 0.15) is 4.88 Å². The van der Waals surface area contributed by atoms with Gasteiger partial charge in [0, 0.05) is 17.3 Å². The summed E-state index contributed by atoms with van der Waals surface area (Å²) >= 11 is 1.43. The largest absolute Gasteiger partial charge is 1.00 e. The van der Waals surface area contributed by atoms with Crippen molar-refractivity contribution in [1.82, 2.24) is 0 Å². The molecule has 4 heteroatoms. The van der Waals surface area contributed by atoms with E-state index in [0.29, 0.717) is 0 Å². The van der Waals surface area contributed by atoms with Gasteiger partial charge in [-0.25, -0.2) is 0 Å². The van der Waals surface area contributed by atoms with Gasteiger partial charge in [0.05, 0.1) is 0 Å². The first kappa shape index (κ1) is 9.77. The molecule has 0 bridgehead atoms. The van der Waals surface area contributed by atoms with Gasteiger partial charge in [-0.1, -0.05) is 6.07 Å². The van der Waals surface area contributed by atoms with Crippen molar-refractivity contribution in [3.63, 3.8) is 0 Å². The first-order chi connectivity index (χ1) is 4.29. The number of aliphatic carboxylic acids is 1. The van der Waals surface area contributed by atoms with Crippen molar-refractivity contribution in [1.29, 1.82) is 0 Å². The molecule has 0 saturated carbocycles. The number of hydrogen-bond acceptors (Lipinski definition) is 3. The van der Waals surface area contributed by atoms with E-state index in [9.17, 15) is 9.90 Å². The Morgan fingerprint density at radius 3 is 2.80 bits per heavy atom. The molecule has 0 amide bonds. The molecule has 0 aliphatic heterocycles. The Bertz CT molecular complexity index is 196. The third kappa shape index (κ3) is 3.07. The average molecular weight is 148 g/mol. The molecule has 0 radical (unpaired) electrons. The maximum Gasteiger partial charge on any atom is 1.00 e. The van der Waals surface area contributed by atoms with E-state index in [4.69, 9.17) is 0 Å². The van der Waals surface area contributed by atoms with Gasteiger partial charge in [-0.15, -0.1) is 11.3 Å². The van der Waals surface area contributed by atoms with E-state index < -0.39 is 5.97 Å². The fourth-order valence-electron chi connectivity index (χ4n) is 0.555. The molecule has 1 heterocycles. The minimum absolute atomic E-state index is 0. The molecule has 0 aliphatic carbocycles. The van der Waals surface area contributed by atoms with Crippen LogP contribution in [0.3, 0.4) is 0 Å². The Labute approximate surface area is 75.1 Å². The minimum atomic E-state index is -1.02. The van der Waals surface area contributed by atoms with Crippen LogP contribution in [0, 0.1) is 0 Å². The molecular weight excluding hydrogens is 143 g/mol. The molecule has 1 aromatic rings. The van der Waals surface area contributed by atoms with Crippen molar-refractivity contribution < 1.29 is 28.8 Å². The molecule has 0 unspecified atom stereocenters. The zero-order chi connectivity index (χ0) is 6.69. The summed E-state index contributed by atoms with van der Waals surface area (Å²) in [7, 11) is 0. The van der Waals surface area contributed by atoms with Gasteiger partial charge < -0.3 is 9.90 Å². The predicted molar refractivity (Wildman–Crippen MR) is 33.0 cm³/mol. The topological polar surface area (TPSA) is 40.1 Å². The number of rotatable bonds is 2. The van der Waals surface area contributed by atoms with E-state index in [-0.39, 0.29) is 25.3 Å². The number of thiophene rings is 1. The summed E-state index contributed by atoms with van der Waals surface area (Å²) in [4.78, 5) is 10.8. The van der Waals surface area contributed by atoms with Crippen LogP contribution in [-0.4, -0.2) is 5.97 Å². The molecule has 0 aromatic carbocycles. The molecular formula is C6H5LiO2S. The Morgan fingerprint density at radius 2 is 2.40 bits per heavy atom. The van der Waals surface area contributed by atoms with E-state index in [0.717, 1.165) is 4.88 Å². The number of carboxylic acids is 1. The van der Waals surface area contributed by atoms with E-state index in [2.05, 4.69) is 0 Å². The van der Waals surface area contributed by atoms with Crippen molar-refractivity contribution >= 4 is 17.3 Å². The number of carboxylic acid groups (broad SMARTS) is 1. The van der Waals surface area contributed by atoms with Gasteiger partial charge in [0.15, 0.2) is 0 Å². The quantitative estimate of drug-likeness (QED) is 0.420. The molecule has 0 N–H and O–H groups in total. The molecule has 48 valence electrons. The second kappa shape index (κ2) is 4.56. The van der Waals surface area contributed by atoms with Gasteiger partial charge >= 0.3 is 18.9 Å². The van der Waals surface area contributed by atoms with Crippen LogP contribution < -0.4 is 24.0 Å². The fraction of sp³-hybridized carbons (Fsp3) is 0.167. The Kier molecular flexibility index (Phi) is 4.46. The van der Waals surface area contributed by atoms with Gasteiger partial charge in [0.1, 0.15) is 0 Å². The maximum atomic E-state index is 9.96. The van der Waals surface area contributed by atoms with Crippen molar-refractivity contribution in [2.24, 2.45) is 0 Å². The van der Waals surface area contributed by atoms with Crippen molar-refractivity contribution in [3.8, 4) is 0 Å². The molecule has 0 atom stereocenters. The van der Waals surface area contributed by atoms with Gasteiger partial charge in [0.2, 0.25) is 0 Å². The number of carbonyl (C=O) groups excluding carboxylic acids is 1. The number of hydrogen-bond donors (Lipinski definition) is 0. The van der Waals surface area contributed by atoms with E-state index in [1.165, 1.54) is 11.3 Å². The average Bonchev–Trinajstić information content (AvgIpc) is 2.15. The van der Waals surface area contributed by atoms with Crippen LogP contribution in [0.25, 0.3) is 0 Å². The SMILES string of the molecule is O=C([O-])Cc1cccs1.[Li+]. The first-order valence-corrected chi connectivity index (χ1v) is 3.39. The smallest absolute Gasteiger partial charge is 0.550 e. The molecule has 2 nitrogen and oxygen atoms in total. The first-order valence-electron chi connectivity index (χ1n) is 2.51. The summed E-state index contributed by atoms with van der Waals surface area (Å²) in [5, 5.41) is 11.8. The molecule has 0 aliphatic rings. The summed E-state index contributed by atoms with van der Waals surface area (Å²) in [6.07, 6.45) is 0.0394. The zero-order valence-electron chi connectivity index (χ0n) is 5.66. The zero-order valence-corrected chi connectivity index (χ0v) is 6.48. The summed E-state index contributed by atoms with van der Waals surface area (Å²) in [6, 6.07) is 3.60. The monoisotopic (exact) mass is 148 g/mol. The van der Waals surface area contributed by atoms with E-state index in [1.54, 1.807) is 6.07 Å². The third-order valence-corrected chi connectivity index (χ3v) is 1.78. The summed E-state index contributed by atoms with van der Waals surface area (Å²) in [5.41, 5.74) is 0. The van der Waals surface area contributed by atoms with Gasteiger partial charge in [0.25, 0.3) is 0 Å². The Morgan fingerprint density at radius 1 is 1.70 bits per heavy atom. The second-order valence-electron chi connectivity index (χ2n) is 1.63. The Balaban J connectivity index is 0.000000810. The van der Waals surface area contributed by atoms with Gasteiger partial charge in [-0.2, -0.15) is 0 Å². The van der Waals surface area contributed by atoms with Crippen LogP contribution in [0.4, 0.5) is 0 Å². The summed E-state index contributed by atoms with van der Waals surface area (Å²) < 4.78 is 0. The molecule has 1 aromatic heterocycles. The van der Waals surface area contributed by atoms with Crippen LogP contribution in [0.2, 0.25) is 0 Å². The minimum Gasteiger partial charge on any atom is -0.550 e. The third-order valence-electron chi connectivity index (χ3n) is 0.899. The van der Waals surface area contributed by atoms with Crippen LogP contribution in [0.15, 0.2) is 17.5 Å². The second-order valence-corrected chi connectivity index (χ2v) is 2.66. The fourth-order valence-corrected chi connectivity index (χ4v) is 1.25. The molecule has 10 heavy (non-hydrogen) atoms. The molecule has 0 saturated heterocycles. The maximum absolute atomic E-state index is 9.96. The van der Waals surface area contributed by atoms with Crippen LogP contribution in [0.5, 0.6) is 0 Å². The summed E-state index contributed by atoms with van der Waals surface area (Å²) in [6.45, 7) is 0. The van der Waals surface area contributed by atoms with Crippen LogP contribution >= 0.6 is 11.3 Å². The predicted octanol–water partition coefficient (Wildman–Crippen LogP) is -2.96. The van der Waals surface area contributed by atoms with E-state index >= 15 is 0 Å². The van der Waals surface area contributed by atoms with Gasteiger partial charge in [-0.3, -0.25) is 0 Å². The van der Waals surface area contributed by atoms with Crippen molar-refractivity contribution in [2.45, 2.75) is 6.42 Å². The van der Waals surface area contributed by atoms with Gasteiger partial charge in [-0.05, 0) is 11.4 Å². The molecule has 1 rings (SSSR count). The van der Waals surface area contributed by atoms with Crippen molar-refractivity contribution in [2.75, 3.05) is 0 Å². The standard InChI is InChI=1S/C6H6O2S.Li/c7-6(8)4-5-2-1-3-9-5;/h1-3H,4H2,(H,7,8);/q;+1/p-1. The normalized spacial score (nSPS) is 8.40. The molecule has 0 fully saturated rings.